The molecular weight excluding hydrogens is 493 g/mol. The van der Waals surface area contributed by atoms with E-state index in [0.29, 0.717) is 11.3 Å². The first-order chi connectivity index (χ1) is 17.8. The Bertz CT molecular complexity index is 1270. The molecule has 0 radical (unpaired) electrons. The highest BCUT2D eigenvalue weighted by Crippen LogP contribution is 2.34. The van der Waals surface area contributed by atoms with Crippen LogP contribution in [0.15, 0.2) is 48.5 Å². The first-order valence-electron chi connectivity index (χ1n) is 12.3. The third kappa shape index (κ3) is 5.80. The molecule has 2 aromatic carbocycles. The van der Waals surface area contributed by atoms with Gasteiger partial charge < -0.3 is 16.8 Å². The van der Waals surface area contributed by atoms with E-state index in [0.717, 1.165) is 55.6 Å². The Morgan fingerprint density at radius 1 is 1.08 bits per heavy atom. The second-order valence-corrected chi connectivity index (χ2v) is 9.90. The largest absolute Gasteiger partial charge is 0.395 e. The van der Waals surface area contributed by atoms with Crippen LogP contribution in [-0.2, 0) is 11.2 Å². The van der Waals surface area contributed by atoms with Crippen LogP contribution in [0.2, 0.25) is 0 Å². The van der Waals surface area contributed by atoms with Crippen molar-refractivity contribution < 1.29 is 18.8 Å². The molecule has 3 amide bonds. The lowest BCUT2D eigenvalue weighted by Gasteiger charge is -2.33. The Hall–Kier alpha value is -3.79. The van der Waals surface area contributed by atoms with E-state index in [4.69, 9.17) is 11.5 Å². The minimum atomic E-state index is -1.12. The zero-order chi connectivity index (χ0) is 26.5. The second-order valence-electron chi connectivity index (χ2n) is 9.13. The summed E-state index contributed by atoms with van der Waals surface area (Å²) >= 11 is 0.747. The molecule has 1 aliphatic rings. The Morgan fingerprint density at radius 2 is 1.73 bits per heavy atom. The van der Waals surface area contributed by atoms with Gasteiger partial charge in [0.2, 0.25) is 5.91 Å². The second kappa shape index (κ2) is 11.5. The summed E-state index contributed by atoms with van der Waals surface area (Å²) in [5.41, 5.74) is 13.1. The van der Waals surface area contributed by atoms with Crippen molar-refractivity contribution in [3.05, 3.63) is 76.0 Å². The first kappa shape index (κ1) is 26.3. The van der Waals surface area contributed by atoms with Crippen LogP contribution in [-0.4, -0.2) is 28.1 Å². The van der Waals surface area contributed by atoms with Gasteiger partial charge in [-0.05, 0) is 66.2 Å². The molecule has 0 aliphatic heterocycles. The highest BCUT2D eigenvalue weighted by molar-refractivity contribution is 7.09. The molecule has 4 rings (SSSR count). The molecule has 37 heavy (non-hydrogen) atoms. The van der Waals surface area contributed by atoms with E-state index in [1.54, 1.807) is 12.1 Å². The number of rotatable bonds is 8. The Kier molecular flexibility index (Phi) is 8.17. The Balaban J connectivity index is 1.83. The third-order valence-electron chi connectivity index (χ3n) is 6.64. The molecule has 10 heteroatoms. The van der Waals surface area contributed by atoms with E-state index in [-0.39, 0.29) is 28.2 Å². The predicted octanol–water partition coefficient (Wildman–Crippen LogP) is 4.36. The Labute approximate surface area is 219 Å². The molecule has 0 spiro atoms. The van der Waals surface area contributed by atoms with E-state index >= 15 is 0 Å². The van der Waals surface area contributed by atoms with Gasteiger partial charge in [-0.3, -0.25) is 19.3 Å². The summed E-state index contributed by atoms with van der Waals surface area (Å²) < 4.78 is 17.8. The highest BCUT2D eigenvalue weighted by atomic mass is 32.1. The van der Waals surface area contributed by atoms with E-state index < -0.39 is 23.7 Å². The number of aryl methyl sites for hydroxylation is 1. The van der Waals surface area contributed by atoms with E-state index in [9.17, 15) is 18.8 Å². The maximum Gasteiger partial charge on any atom is 0.273 e. The van der Waals surface area contributed by atoms with Crippen molar-refractivity contribution in [3.8, 4) is 0 Å². The van der Waals surface area contributed by atoms with Crippen LogP contribution < -0.4 is 21.7 Å². The number of nitrogens with one attached hydrogen (secondary N) is 1. The number of halogens is 1. The fourth-order valence-corrected chi connectivity index (χ4v) is 5.35. The summed E-state index contributed by atoms with van der Waals surface area (Å²) in [5.74, 6) is -2.31. The molecule has 8 nitrogen and oxygen atoms in total. The maximum atomic E-state index is 14.0. The third-order valence-corrected chi connectivity index (χ3v) is 7.49. The lowest BCUT2D eigenvalue weighted by atomic mass is 9.94. The number of carbonyl (C=O) groups is 3. The molecule has 1 aromatic heterocycles. The van der Waals surface area contributed by atoms with Crippen LogP contribution in [0, 0.1) is 5.82 Å². The average molecular weight is 524 g/mol. The van der Waals surface area contributed by atoms with Crippen molar-refractivity contribution in [1.82, 2.24) is 9.69 Å². The Morgan fingerprint density at radius 3 is 2.30 bits per heavy atom. The normalized spacial score (nSPS) is 14.6. The van der Waals surface area contributed by atoms with Crippen molar-refractivity contribution in [2.45, 2.75) is 57.5 Å². The predicted molar refractivity (Wildman–Crippen MR) is 142 cm³/mol. The molecule has 0 saturated heterocycles. The molecule has 1 atom stereocenters. The van der Waals surface area contributed by atoms with Crippen LogP contribution in [0.4, 0.5) is 15.8 Å². The van der Waals surface area contributed by atoms with Gasteiger partial charge in [0.1, 0.15) is 16.7 Å². The summed E-state index contributed by atoms with van der Waals surface area (Å²) in [6, 6.07) is 11.6. The minimum absolute atomic E-state index is 0.00838. The summed E-state index contributed by atoms with van der Waals surface area (Å²) in [5, 5.41) is 3.11. The summed E-state index contributed by atoms with van der Waals surface area (Å²) in [4.78, 5) is 41.0. The number of nitrogen functional groups attached to an aromatic ring is 1. The molecule has 1 heterocycles. The summed E-state index contributed by atoms with van der Waals surface area (Å²) in [6.07, 6.45) is 5.65. The lowest BCUT2D eigenvalue weighted by Crippen LogP contribution is -2.47. The van der Waals surface area contributed by atoms with Crippen LogP contribution in [0.5, 0.6) is 0 Å². The number of primary amides is 1. The molecule has 0 unspecified atom stereocenters. The lowest BCUT2D eigenvalue weighted by molar-refractivity contribution is -0.123. The van der Waals surface area contributed by atoms with Gasteiger partial charge in [0.25, 0.3) is 11.8 Å². The van der Waals surface area contributed by atoms with Crippen LogP contribution in [0.3, 0.4) is 0 Å². The van der Waals surface area contributed by atoms with Crippen LogP contribution in [0.1, 0.15) is 76.4 Å². The molecule has 0 bridgehead atoms. The van der Waals surface area contributed by atoms with Gasteiger partial charge in [0, 0.05) is 11.7 Å². The minimum Gasteiger partial charge on any atom is -0.395 e. The molecule has 1 fully saturated rings. The molecule has 1 aliphatic carbocycles. The first-order valence-corrected chi connectivity index (χ1v) is 13.1. The molecule has 194 valence electrons. The zero-order valence-electron chi connectivity index (χ0n) is 20.6. The van der Waals surface area contributed by atoms with Crippen LogP contribution >= 0.6 is 11.5 Å². The fraction of sp³-hybridized carbons (Fsp3) is 0.333. The van der Waals surface area contributed by atoms with Crippen molar-refractivity contribution >= 4 is 40.6 Å². The number of aromatic nitrogens is 1. The number of carbonyl (C=O) groups excluding carboxylic acids is 3. The van der Waals surface area contributed by atoms with Gasteiger partial charge in [-0.25, -0.2) is 4.39 Å². The van der Waals surface area contributed by atoms with Crippen molar-refractivity contribution in [2.24, 2.45) is 5.73 Å². The number of anilines is 2. The van der Waals surface area contributed by atoms with Gasteiger partial charge in [-0.1, -0.05) is 50.5 Å². The van der Waals surface area contributed by atoms with Crippen molar-refractivity contribution in [2.75, 3.05) is 10.6 Å². The van der Waals surface area contributed by atoms with E-state index in [1.165, 1.54) is 29.2 Å². The standard InChI is InChI=1S/C27H30FN5O3S/c1-2-16-8-14-20(15-9-16)33(27(36)24-21(29)22(25(30)34)32-37-24)23(17-10-12-18(28)13-11-17)26(35)31-19-6-4-3-5-7-19/h8-15,19,23H,2-7,29H2,1H3,(H2,30,34)(H,31,35)/t23-/m1/s1. The zero-order valence-corrected chi connectivity index (χ0v) is 21.4. The van der Waals surface area contributed by atoms with Gasteiger partial charge in [-0.15, -0.1) is 0 Å². The number of nitrogens with zero attached hydrogens (tertiary/aromatic N) is 2. The monoisotopic (exact) mass is 523 g/mol. The average Bonchev–Trinajstić information content (AvgIpc) is 3.29. The number of hydrogen-bond acceptors (Lipinski definition) is 6. The fourth-order valence-electron chi connectivity index (χ4n) is 4.60. The van der Waals surface area contributed by atoms with Crippen molar-refractivity contribution in [3.63, 3.8) is 0 Å². The molecular formula is C27H30FN5O3S. The van der Waals surface area contributed by atoms with Gasteiger partial charge in [-0.2, -0.15) is 4.37 Å². The smallest absolute Gasteiger partial charge is 0.273 e. The molecule has 1 saturated carbocycles. The van der Waals surface area contributed by atoms with Crippen LogP contribution in [0.25, 0.3) is 0 Å². The molecule has 5 N–H and O–H groups in total. The van der Waals surface area contributed by atoms with Crippen molar-refractivity contribution in [1.29, 1.82) is 0 Å². The number of hydrogen-bond donors (Lipinski definition) is 3. The highest BCUT2D eigenvalue weighted by Gasteiger charge is 2.37. The van der Waals surface area contributed by atoms with E-state index in [2.05, 4.69) is 9.69 Å². The quantitative estimate of drug-likeness (QED) is 0.404. The van der Waals surface area contributed by atoms with E-state index in [1.807, 2.05) is 19.1 Å². The number of nitrogens with two attached hydrogens (primary N) is 2. The maximum absolute atomic E-state index is 14.0. The molecule has 3 aromatic rings. The number of benzene rings is 2. The van der Waals surface area contributed by atoms with Gasteiger partial charge in [0.05, 0.1) is 5.69 Å². The summed E-state index contributed by atoms with van der Waals surface area (Å²) in [7, 11) is 0. The summed E-state index contributed by atoms with van der Waals surface area (Å²) in [6.45, 7) is 2.01. The van der Waals surface area contributed by atoms with Gasteiger partial charge in [0.15, 0.2) is 5.69 Å². The van der Waals surface area contributed by atoms with Gasteiger partial charge >= 0.3 is 0 Å². The number of amides is 3. The SMILES string of the molecule is CCc1ccc(N(C(=O)c2snc(C(N)=O)c2N)[C@@H](C(=O)NC2CCCCC2)c2ccc(F)cc2)cc1. The topological polar surface area (TPSA) is 131 Å².